The van der Waals surface area contributed by atoms with Crippen LogP contribution in [0.5, 0.6) is 5.75 Å². The quantitative estimate of drug-likeness (QED) is 0.809. The fraction of sp³-hybridized carbons (Fsp3) is 0.333. The largest absolute Gasteiger partial charge is 0.492 e. The van der Waals surface area contributed by atoms with Crippen molar-refractivity contribution >= 4 is 0 Å². The Bertz CT molecular complexity index is 442. The van der Waals surface area contributed by atoms with Gasteiger partial charge in [-0.1, -0.05) is 12.1 Å². The van der Waals surface area contributed by atoms with Crippen LogP contribution in [0.25, 0.3) is 0 Å². The first-order chi connectivity index (χ1) is 8.38. The van der Waals surface area contributed by atoms with E-state index < -0.39 is 0 Å². The summed E-state index contributed by atoms with van der Waals surface area (Å²) in [5, 5.41) is 7.12. The third-order valence-electron chi connectivity index (χ3n) is 2.34. The molecule has 90 valence electrons. The average Bonchev–Trinajstić information content (AvgIpc) is 2.83. The minimum Gasteiger partial charge on any atom is -0.492 e. The van der Waals surface area contributed by atoms with Gasteiger partial charge in [-0.25, -0.2) is 9.67 Å². The lowest BCUT2D eigenvalue weighted by molar-refractivity contribution is 0.291. The molecule has 0 aliphatic carbocycles. The number of rotatable bonds is 6. The number of nitrogens with zero attached hydrogens (tertiary/aromatic N) is 3. The van der Waals surface area contributed by atoms with E-state index in [-0.39, 0.29) is 0 Å². The Morgan fingerprint density at radius 1 is 1.41 bits per heavy atom. The molecular formula is C12H16N4O. The summed E-state index contributed by atoms with van der Waals surface area (Å²) < 4.78 is 7.40. The molecule has 1 aromatic carbocycles. The van der Waals surface area contributed by atoms with Crippen LogP contribution in [0.15, 0.2) is 36.9 Å². The maximum atomic E-state index is 5.65. The minimum absolute atomic E-state index is 0.590. The normalized spacial score (nSPS) is 10.4. The first kappa shape index (κ1) is 11.6. The van der Waals surface area contributed by atoms with Gasteiger partial charge in [0.05, 0.1) is 6.54 Å². The summed E-state index contributed by atoms with van der Waals surface area (Å²) in [6, 6.07) is 8.07. The van der Waals surface area contributed by atoms with Crippen LogP contribution < -0.4 is 10.1 Å². The number of ether oxygens (including phenoxy) is 1. The number of hydrogen-bond donors (Lipinski definition) is 1. The van der Waals surface area contributed by atoms with Gasteiger partial charge in [-0.15, -0.1) is 0 Å². The second kappa shape index (κ2) is 6.00. The summed E-state index contributed by atoms with van der Waals surface area (Å²) in [5.74, 6) is 0.887. The molecule has 17 heavy (non-hydrogen) atoms. The maximum absolute atomic E-state index is 5.65. The fourth-order valence-corrected chi connectivity index (χ4v) is 1.55. The number of benzene rings is 1. The van der Waals surface area contributed by atoms with Crippen molar-refractivity contribution in [3.8, 4) is 5.75 Å². The molecule has 5 nitrogen and oxygen atoms in total. The van der Waals surface area contributed by atoms with Gasteiger partial charge >= 0.3 is 0 Å². The van der Waals surface area contributed by atoms with Crippen LogP contribution in [0.4, 0.5) is 0 Å². The molecular weight excluding hydrogens is 216 g/mol. The van der Waals surface area contributed by atoms with Crippen LogP contribution in [-0.4, -0.2) is 28.4 Å². The summed E-state index contributed by atoms with van der Waals surface area (Å²) in [6.45, 7) is 2.14. The lowest BCUT2D eigenvalue weighted by atomic mass is 10.2. The van der Waals surface area contributed by atoms with E-state index in [1.165, 1.54) is 11.9 Å². The van der Waals surface area contributed by atoms with Gasteiger partial charge in [0.15, 0.2) is 0 Å². The monoisotopic (exact) mass is 232 g/mol. The Labute approximate surface area is 100 Å². The standard InChI is InChI=1S/C12H16N4O/c1-13-8-11-3-2-4-12(7-11)17-6-5-16-10-14-9-15-16/h2-4,7,9-10,13H,5-6,8H2,1H3. The van der Waals surface area contributed by atoms with Crippen molar-refractivity contribution in [2.75, 3.05) is 13.7 Å². The van der Waals surface area contributed by atoms with E-state index in [4.69, 9.17) is 4.74 Å². The molecule has 1 aromatic heterocycles. The highest BCUT2D eigenvalue weighted by atomic mass is 16.5. The number of nitrogens with one attached hydrogen (secondary N) is 1. The molecule has 1 heterocycles. The topological polar surface area (TPSA) is 52.0 Å². The van der Waals surface area contributed by atoms with E-state index in [1.807, 2.05) is 25.2 Å². The van der Waals surface area contributed by atoms with Gasteiger partial charge < -0.3 is 10.1 Å². The summed E-state index contributed by atoms with van der Waals surface area (Å²) in [5.41, 5.74) is 1.21. The van der Waals surface area contributed by atoms with Crippen LogP contribution in [0.2, 0.25) is 0 Å². The van der Waals surface area contributed by atoms with Crippen molar-refractivity contribution in [3.05, 3.63) is 42.5 Å². The zero-order valence-corrected chi connectivity index (χ0v) is 9.84. The van der Waals surface area contributed by atoms with Gasteiger partial charge in [0.25, 0.3) is 0 Å². The Balaban J connectivity index is 1.84. The van der Waals surface area contributed by atoms with E-state index in [2.05, 4.69) is 21.5 Å². The molecule has 0 saturated carbocycles. The van der Waals surface area contributed by atoms with Crippen molar-refractivity contribution in [3.63, 3.8) is 0 Å². The Morgan fingerprint density at radius 2 is 2.35 bits per heavy atom. The van der Waals surface area contributed by atoms with Crippen LogP contribution in [0, 0.1) is 0 Å². The van der Waals surface area contributed by atoms with Crippen molar-refractivity contribution in [1.82, 2.24) is 20.1 Å². The predicted molar refractivity (Wildman–Crippen MR) is 64.7 cm³/mol. The van der Waals surface area contributed by atoms with Crippen molar-refractivity contribution in [1.29, 1.82) is 0 Å². The second-order valence-corrected chi connectivity index (χ2v) is 3.68. The van der Waals surface area contributed by atoms with Gasteiger partial charge in [0.1, 0.15) is 25.0 Å². The van der Waals surface area contributed by atoms with Crippen LogP contribution in [0.3, 0.4) is 0 Å². The molecule has 0 amide bonds. The van der Waals surface area contributed by atoms with E-state index in [1.54, 1.807) is 11.0 Å². The summed E-state index contributed by atoms with van der Waals surface area (Å²) in [7, 11) is 1.93. The van der Waals surface area contributed by atoms with Gasteiger partial charge in [0, 0.05) is 6.54 Å². The first-order valence-electron chi connectivity index (χ1n) is 5.57. The Hall–Kier alpha value is -1.88. The molecule has 5 heteroatoms. The zero-order valence-electron chi connectivity index (χ0n) is 9.84. The molecule has 1 N–H and O–H groups in total. The van der Waals surface area contributed by atoms with Crippen LogP contribution in [-0.2, 0) is 13.1 Å². The van der Waals surface area contributed by atoms with Gasteiger partial charge in [-0.05, 0) is 24.7 Å². The zero-order chi connectivity index (χ0) is 11.9. The highest BCUT2D eigenvalue weighted by Gasteiger charge is 1.97. The lowest BCUT2D eigenvalue weighted by Gasteiger charge is -2.07. The van der Waals surface area contributed by atoms with Gasteiger partial charge in [0.2, 0.25) is 0 Å². The Kier molecular flexibility index (Phi) is 4.10. The van der Waals surface area contributed by atoms with Gasteiger partial charge in [-0.3, -0.25) is 0 Å². The maximum Gasteiger partial charge on any atom is 0.137 e. The van der Waals surface area contributed by atoms with Crippen molar-refractivity contribution in [2.45, 2.75) is 13.1 Å². The van der Waals surface area contributed by atoms with E-state index in [0.29, 0.717) is 13.2 Å². The highest BCUT2D eigenvalue weighted by molar-refractivity contribution is 5.28. The summed E-state index contributed by atoms with van der Waals surface area (Å²) in [4.78, 5) is 3.87. The molecule has 0 bridgehead atoms. The molecule has 0 radical (unpaired) electrons. The number of hydrogen-bond acceptors (Lipinski definition) is 4. The smallest absolute Gasteiger partial charge is 0.137 e. The molecule has 0 spiro atoms. The van der Waals surface area contributed by atoms with E-state index in [9.17, 15) is 0 Å². The lowest BCUT2D eigenvalue weighted by Crippen LogP contribution is -2.09. The van der Waals surface area contributed by atoms with Gasteiger partial charge in [-0.2, -0.15) is 5.10 Å². The molecule has 0 saturated heterocycles. The molecule has 2 rings (SSSR count). The summed E-state index contributed by atoms with van der Waals surface area (Å²) >= 11 is 0. The van der Waals surface area contributed by atoms with Crippen molar-refractivity contribution < 1.29 is 4.74 Å². The molecule has 0 aliphatic rings. The SMILES string of the molecule is CNCc1cccc(OCCn2cncn2)c1. The number of aromatic nitrogens is 3. The molecule has 0 unspecified atom stereocenters. The highest BCUT2D eigenvalue weighted by Crippen LogP contribution is 2.13. The molecule has 0 fully saturated rings. The van der Waals surface area contributed by atoms with Crippen LogP contribution >= 0.6 is 0 Å². The van der Waals surface area contributed by atoms with E-state index >= 15 is 0 Å². The first-order valence-corrected chi connectivity index (χ1v) is 5.57. The fourth-order valence-electron chi connectivity index (χ4n) is 1.55. The van der Waals surface area contributed by atoms with Crippen molar-refractivity contribution in [2.24, 2.45) is 0 Å². The van der Waals surface area contributed by atoms with E-state index in [0.717, 1.165) is 12.3 Å². The third-order valence-corrected chi connectivity index (χ3v) is 2.34. The molecule has 0 atom stereocenters. The Morgan fingerprint density at radius 3 is 3.12 bits per heavy atom. The molecule has 2 aromatic rings. The summed E-state index contributed by atoms with van der Waals surface area (Å²) in [6.07, 6.45) is 3.20. The van der Waals surface area contributed by atoms with Crippen LogP contribution in [0.1, 0.15) is 5.56 Å². The average molecular weight is 232 g/mol. The molecule has 0 aliphatic heterocycles. The third kappa shape index (κ3) is 3.57. The predicted octanol–water partition coefficient (Wildman–Crippen LogP) is 1.08. The minimum atomic E-state index is 0.590. The second-order valence-electron chi connectivity index (χ2n) is 3.68.